The lowest BCUT2D eigenvalue weighted by Gasteiger charge is -2.17. The molecule has 2 rings (SSSR count). The first kappa shape index (κ1) is 10.6. The van der Waals surface area contributed by atoms with Crippen LogP contribution in [0.5, 0.6) is 0 Å². The molecule has 1 fully saturated rings. The second kappa shape index (κ2) is 4.73. The second-order valence-corrected chi connectivity index (χ2v) is 4.16. The van der Waals surface area contributed by atoms with E-state index in [-0.39, 0.29) is 11.9 Å². The number of hydrogen-bond acceptors (Lipinski definition) is 2. The smallest absolute Gasteiger partial charge is 0.127 e. The van der Waals surface area contributed by atoms with Crippen molar-refractivity contribution in [3.05, 3.63) is 35.6 Å². The Hall–Kier alpha value is -0.930. The molecular weight excluding hydrogens is 191 g/mol. The molecule has 15 heavy (non-hydrogen) atoms. The summed E-state index contributed by atoms with van der Waals surface area (Å²) in [5.74, 6) is -0.192. The maximum absolute atomic E-state index is 13.4. The van der Waals surface area contributed by atoms with Crippen LogP contribution >= 0.6 is 0 Å². The van der Waals surface area contributed by atoms with Crippen molar-refractivity contribution >= 4 is 0 Å². The Balaban J connectivity index is 2.00. The molecule has 1 aliphatic rings. The summed E-state index contributed by atoms with van der Waals surface area (Å²) in [5, 5.41) is 3.37. The van der Waals surface area contributed by atoms with Crippen molar-refractivity contribution in [2.24, 2.45) is 5.73 Å². The van der Waals surface area contributed by atoms with E-state index in [1.165, 1.54) is 12.5 Å². The van der Waals surface area contributed by atoms with E-state index in [0.717, 1.165) is 19.4 Å². The third-order valence-corrected chi connectivity index (χ3v) is 3.01. The normalized spacial score (nSPS) is 22.9. The molecule has 0 aromatic heterocycles. The average Bonchev–Trinajstić information content (AvgIpc) is 2.71. The molecular formula is C12H17FN2. The van der Waals surface area contributed by atoms with Crippen molar-refractivity contribution in [1.29, 1.82) is 0 Å². The Morgan fingerprint density at radius 3 is 2.93 bits per heavy atom. The Kier molecular flexibility index (Phi) is 3.34. The van der Waals surface area contributed by atoms with Gasteiger partial charge in [0.2, 0.25) is 0 Å². The monoisotopic (exact) mass is 208 g/mol. The van der Waals surface area contributed by atoms with Crippen LogP contribution in [0.2, 0.25) is 0 Å². The average molecular weight is 208 g/mol. The minimum Gasteiger partial charge on any atom is -0.324 e. The molecule has 0 spiro atoms. The van der Waals surface area contributed by atoms with Crippen LogP contribution in [0.15, 0.2) is 24.3 Å². The maximum Gasteiger partial charge on any atom is 0.127 e. The van der Waals surface area contributed by atoms with Gasteiger partial charge in [0, 0.05) is 17.6 Å². The van der Waals surface area contributed by atoms with Crippen molar-refractivity contribution in [1.82, 2.24) is 5.32 Å². The lowest BCUT2D eigenvalue weighted by atomic mass is 9.99. The van der Waals surface area contributed by atoms with Crippen LogP contribution in [0.1, 0.15) is 30.9 Å². The number of halogens is 1. The summed E-state index contributed by atoms with van der Waals surface area (Å²) in [7, 11) is 0. The SMILES string of the molecule is NC(CC1CCCN1)c1ccccc1F. The molecule has 1 aromatic carbocycles. The molecule has 1 heterocycles. The minimum absolute atomic E-state index is 0.192. The molecule has 2 atom stereocenters. The van der Waals surface area contributed by atoms with Gasteiger partial charge in [-0.25, -0.2) is 4.39 Å². The van der Waals surface area contributed by atoms with E-state index in [0.29, 0.717) is 11.6 Å². The first-order valence-electron chi connectivity index (χ1n) is 5.51. The Labute approximate surface area is 89.7 Å². The van der Waals surface area contributed by atoms with Crippen molar-refractivity contribution in [3.63, 3.8) is 0 Å². The largest absolute Gasteiger partial charge is 0.324 e. The van der Waals surface area contributed by atoms with Gasteiger partial charge >= 0.3 is 0 Å². The van der Waals surface area contributed by atoms with Gasteiger partial charge in [-0.2, -0.15) is 0 Å². The first-order chi connectivity index (χ1) is 7.27. The zero-order valence-corrected chi connectivity index (χ0v) is 8.75. The minimum atomic E-state index is -0.193. The molecule has 1 aromatic rings. The van der Waals surface area contributed by atoms with Gasteiger partial charge in [0.05, 0.1) is 0 Å². The van der Waals surface area contributed by atoms with E-state index >= 15 is 0 Å². The Morgan fingerprint density at radius 1 is 1.47 bits per heavy atom. The summed E-state index contributed by atoms with van der Waals surface area (Å²) in [6, 6.07) is 7.03. The number of nitrogens with one attached hydrogen (secondary N) is 1. The summed E-state index contributed by atoms with van der Waals surface area (Å²) in [4.78, 5) is 0. The summed E-state index contributed by atoms with van der Waals surface area (Å²) < 4.78 is 13.4. The fourth-order valence-electron chi connectivity index (χ4n) is 2.17. The van der Waals surface area contributed by atoms with Crippen molar-refractivity contribution in [2.75, 3.05) is 6.54 Å². The van der Waals surface area contributed by atoms with Crippen LogP contribution in [0.25, 0.3) is 0 Å². The Morgan fingerprint density at radius 2 is 2.27 bits per heavy atom. The van der Waals surface area contributed by atoms with Crippen molar-refractivity contribution in [2.45, 2.75) is 31.3 Å². The third kappa shape index (κ3) is 2.55. The van der Waals surface area contributed by atoms with Crippen LogP contribution in [-0.4, -0.2) is 12.6 Å². The topological polar surface area (TPSA) is 38.0 Å². The molecule has 82 valence electrons. The molecule has 0 saturated carbocycles. The van der Waals surface area contributed by atoms with E-state index in [1.54, 1.807) is 12.1 Å². The molecule has 0 radical (unpaired) electrons. The van der Waals surface area contributed by atoms with E-state index in [2.05, 4.69) is 5.32 Å². The summed E-state index contributed by atoms with van der Waals surface area (Å²) in [5.41, 5.74) is 6.63. The molecule has 1 saturated heterocycles. The maximum atomic E-state index is 13.4. The molecule has 3 heteroatoms. The third-order valence-electron chi connectivity index (χ3n) is 3.01. The van der Waals surface area contributed by atoms with E-state index in [9.17, 15) is 4.39 Å². The van der Waals surface area contributed by atoms with Gasteiger partial charge in [0.25, 0.3) is 0 Å². The lowest BCUT2D eigenvalue weighted by molar-refractivity contribution is 0.482. The van der Waals surface area contributed by atoms with E-state index in [4.69, 9.17) is 5.73 Å². The Bertz CT molecular complexity index is 321. The number of rotatable bonds is 3. The van der Waals surface area contributed by atoms with E-state index in [1.807, 2.05) is 6.07 Å². The summed E-state index contributed by atoms with van der Waals surface area (Å²) in [6.45, 7) is 1.06. The molecule has 2 nitrogen and oxygen atoms in total. The van der Waals surface area contributed by atoms with Crippen LogP contribution in [-0.2, 0) is 0 Å². The molecule has 2 unspecified atom stereocenters. The summed E-state index contributed by atoms with van der Waals surface area (Å²) >= 11 is 0. The van der Waals surface area contributed by atoms with Crippen molar-refractivity contribution in [3.8, 4) is 0 Å². The number of nitrogens with two attached hydrogens (primary N) is 1. The van der Waals surface area contributed by atoms with E-state index < -0.39 is 0 Å². The molecule has 0 amide bonds. The predicted molar refractivity (Wildman–Crippen MR) is 59.0 cm³/mol. The highest BCUT2D eigenvalue weighted by atomic mass is 19.1. The van der Waals surface area contributed by atoms with Crippen LogP contribution in [0.3, 0.4) is 0 Å². The van der Waals surface area contributed by atoms with Gasteiger partial charge in [-0.05, 0) is 31.9 Å². The van der Waals surface area contributed by atoms with Gasteiger partial charge in [-0.1, -0.05) is 18.2 Å². The second-order valence-electron chi connectivity index (χ2n) is 4.16. The molecule has 3 N–H and O–H groups in total. The standard InChI is InChI=1S/C12H17FN2/c13-11-6-2-1-5-10(11)12(14)8-9-4-3-7-15-9/h1-2,5-6,9,12,15H,3-4,7-8,14H2. The predicted octanol–water partition coefficient (Wildman–Crippen LogP) is 1.97. The highest BCUT2D eigenvalue weighted by Crippen LogP contribution is 2.21. The fourth-order valence-corrected chi connectivity index (χ4v) is 2.17. The highest BCUT2D eigenvalue weighted by molar-refractivity contribution is 5.21. The highest BCUT2D eigenvalue weighted by Gasteiger charge is 2.19. The fraction of sp³-hybridized carbons (Fsp3) is 0.500. The molecule has 0 bridgehead atoms. The zero-order valence-electron chi connectivity index (χ0n) is 8.75. The lowest BCUT2D eigenvalue weighted by Crippen LogP contribution is -2.27. The molecule has 0 aliphatic carbocycles. The quantitative estimate of drug-likeness (QED) is 0.797. The zero-order chi connectivity index (χ0) is 10.7. The van der Waals surface area contributed by atoms with Crippen LogP contribution in [0, 0.1) is 5.82 Å². The number of hydrogen-bond donors (Lipinski definition) is 2. The molecule has 1 aliphatic heterocycles. The van der Waals surface area contributed by atoms with Gasteiger partial charge in [0.15, 0.2) is 0 Å². The van der Waals surface area contributed by atoms with Crippen LogP contribution in [0.4, 0.5) is 4.39 Å². The first-order valence-corrected chi connectivity index (χ1v) is 5.51. The summed E-state index contributed by atoms with van der Waals surface area (Å²) in [6.07, 6.45) is 3.18. The van der Waals surface area contributed by atoms with Gasteiger partial charge in [-0.15, -0.1) is 0 Å². The van der Waals surface area contributed by atoms with Crippen LogP contribution < -0.4 is 11.1 Å². The van der Waals surface area contributed by atoms with Crippen molar-refractivity contribution < 1.29 is 4.39 Å². The van der Waals surface area contributed by atoms with Gasteiger partial charge in [-0.3, -0.25) is 0 Å². The number of benzene rings is 1. The van der Waals surface area contributed by atoms with Gasteiger partial charge in [0.1, 0.15) is 5.82 Å². The van der Waals surface area contributed by atoms with Gasteiger partial charge < -0.3 is 11.1 Å².